The summed E-state index contributed by atoms with van der Waals surface area (Å²) in [6, 6.07) is 0. The van der Waals surface area contributed by atoms with Crippen LogP contribution in [-0.4, -0.2) is 47.1 Å². The fourth-order valence-electron chi connectivity index (χ4n) is 7.08. The molecule has 26 heavy (non-hydrogen) atoms. The largest absolute Gasteiger partial charge is 0.469 e. The number of methoxy groups -OCH3 is 1. The zero-order chi connectivity index (χ0) is 18.6. The van der Waals surface area contributed by atoms with Crippen molar-refractivity contribution in [1.82, 2.24) is 0 Å². The van der Waals surface area contributed by atoms with Crippen LogP contribution in [0.4, 0.5) is 0 Å². The molecule has 6 rings (SSSR count). The predicted molar refractivity (Wildman–Crippen MR) is 89.6 cm³/mol. The third kappa shape index (κ3) is 1.36. The molecule has 6 nitrogen and oxygen atoms in total. The summed E-state index contributed by atoms with van der Waals surface area (Å²) in [6.07, 6.45) is 2.61. The Bertz CT molecular complexity index is 785. The second-order valence-electron chi connectivity index (χ2n) is 8.81. The zero-order valence-electron chi connectivity index (χ0n) is 15.0. The topological polar surface area (TPSA) is 93.1 Å². The third-order valence-electron chi connectivity index (χ3n) is 8.26. The van der Waals surface area contributed by atoms with Gasteiger partial charge in [0.05, 0.1) is 36.1 Å². The predicted octanol–water partition coefficient (Wildman–Crippen LogP) is 1.12. The highest BCUT2D eigenvalue weighted by molar-refractivity contribution is 5.88. The van der Waals surface area contributed by atoms with Crippen molar-refractivity contribution in [2.45, 2.75) is 50.4 Å². The minimum atomic E-state index is -1.18. The Balaban J connectivity index is 1.83. The van der Waals surface area contributed by atoms with Crippen molar-refractivity contribution in [3.63, 3.8) is 0 Å². The first-order valence-corrected chi connectivity index (χ1v) is 9.34. The number of allylic oxidation sites excluding steroid dienone is 1. The summed E-state index contributed by atoms with van der Waals surface area (Å²) < 4.78 is 11.2. The quantitative estimate of drug-likeness (QED) is 0.538. The van der Waals surface area contributed by atoms with Gasteiger partial charge in [-0.15, -0.1) is 0 Å². The van der Waals surface area contributed by atoms with Crippen LogP contribution < -0.4 is 0 Å². The molecule has 6 heteroatoms. The molecule has 1 heterocycles. The van der Waals surface area contributed by atoms with Gasteiger partial charge in [0, 0.05) is 11.8 Å². The standard InChI is InChI=1S/C20H24O6/c1-9-10-4-6-19(15(9)22)11(8-10)13(16(23)25-3)14-18(2)12(21)5-7-20(14,19)26-17(18)24/h8,10,12-15,21-22H,1,4-7H2,2-3H3/t10-,12+,13-,14-,15+,18-,19-,20+/m1/s1. The molecule has 5 aliphatic carbocycles. The van der Waals surface area contributed by atoms with E-state index in [1.165, 1.54) is 7.11 Å². The monoisotopic (exact) mass is 360 g/mol. The molecule has 140 valence electrons. The highest BCUT2D eigenvalue weighted by Crippen LogP contribution is 2.77. The average molecular weight is 360 g/mol. The molecule has 1 saturated heterocycles. The van der Waals surface area contributed by atoms with Crippen LogP contribution in [0.2, 0.25) is 0 Å². The molecule has 0 unspecified atom stereocenters. The molecule has 3 saturated carbocycles. The van der Waals surface area contributed by atoms with E-state index < -0.39 is 52.4 Å². The molecular formula is C20H24O6. The van der Waals surface area contributed by atoms with Crippen molar-refractivity contribution in [2.75, 3.05) is 7.11 Å². The van der Waals surface area contributed by atoms with Gasteiger partial charge in [0.1, 0.15) is 5.60 Å². The highest BCUT2D eigenvalue weighted by Gasteiger charge is 2.84. The van der Waals surface area contributed by atoms with Crippen LogP contribution in [0.1, 0.15) is 32.6 Å². The number of carbonyl (C=O) groups is 2. The molecule has 1 aliphatic heterocycles. The van der Waals surface area contributed by atoms with Crippen molar-refractivity contribution >= 4 is 11.9 Å². The number of aliphatic hydroxyl groups excluding tert-OH is 2. The number of hydrogen-bond acceptors (Lipinski definition) is 6. The normalized spacial score (nSPS) is 53.7. The lowest BCUT2D eigenvalue weighted by Gasteiger charge is -2.56. The van der Waals surface area contributed by atoms with Crippen molar-refractivity contribution in [1.29, 1.82) is 0 Å². The second-order valence-corrected chi connectivity index (χ2v) is 8.81. The molecule has 0 aromatic carbocycles. The van der Waals surface area contributed by atoms with Crippen molar-refractivity contribution < 1.29 is 29.3 Å². The van der Waals surface area contributed by atoms with Gasteiger partial charge in [0.15, 0.2) is 0 Å². The zero-order valence-corrected chi connectivity index (χ0v) is 15.0. The van der Waals surface area contributed by atoms with Crippen LogP contribution in [0.25, 0.3) is 0 Å². The molecule has 2 N–H and O–H groups in total. The SMILES string of the molecule is C=C1[C@H]2C=C3[C@@H](C(=O)OC)[C@@H]4[C@]5(C)C(=O)O[C@]4(CC[C@@H]5O)[C@@]3(CC2)[C@H]1O. The molecular weight excluding hydrogens is 336 g/mol. The highest BCUT2D eigenvalue weighted by atomic mass is 16.6. The molecule has 0 aromatic rings. The number of esters is 2. The maximum absolute atomic E-state index is 12.9. The summed E-state index contributed by atoms with van der Waals surface area (Å²) in [5.74, 6) is -2.09. The van der Waals surface area contributed by atoms with E-state index in [-0.39, 0.29) is 5.92 Å². The third-order valence-corrected chi connectivity index (χ3v) is 8.26. The minimum Gasteiger partial charge on any atom is -0.469 e. The number of aliphatic hydroxyl groups is 2. The number of fused-ring (bicyclic) bond motifs is 2. The smallest absolute Gasteiger partial charge is 0.315 e. The van der Waals surface area contributed by atoms with Crippen LogP contribution >= 0.6 is 0 Å². The van der Waals surface area contributed by atoms with Crippen LogP contribution in [0.15, 0.2) is 23.8 Å². The van der Waals surface area contributed by atoms with Gasteiger partial charge < -0.3 is 19.7 Å². The first kappa shape index (κ1) is 16.5. The van der Waals surface area contributed by atoms with Gasteiger partial charge in [0.25, 0.3) is 0 Å². The van der Waals surface area contributed by atoms with E-state index in [2.05, 4.69) is 6.58 Å². The summed E-state index contributed by atoms with van der Waals surface area (Å²) in [6.45, 7) is 5.79. The lowest BCUT2D eigenvalue weighted by molar-refractivity contribution is -0.174. The van der Waals surface area contributed by atoms with Gasteiger partial charge in [-0.05, 0) is 43.8 Å². The summed E-state index contributed by atoms with van der Waals surface area (Å²) in [7, 11) is 1.34. The van der Waals surface area contributed by atoms with Gasteiger partial charge in [-0.25, -0.2) is 0 Å². The lowest BCUT2D eigenvalue weighted by atomic mass is 9.50. The Morgan fingerprint density at radius 1 is 1.35 bits per heavy atom. The summed E-state index contributed by atoms with van der Waals surface area (Å²) in [4.78, 5) is 25.8. The van der Waals surface area contributed by atoms with Crippen molar-refractivity contribution in [2.24, 2.45) is 28.6 Å². The van der Waals surface area contributed by atoms with Crippen LogP contribution in [0.5, 0.6) is 0 Å². The van der Waals surface area contributed by atoms with Crippen LogP contribution in [0.3, 0.4) is 0 Å². The summed E-state index contributed by atoms with van der Waals surface area (Å²) in [5, 5.41) is 22.0. The number of carbonyl (C=O) groups excluding carboxylic acids is 2. The molecule has 4 fully saturated rings. The Labute approximate surface area is 151 Å². The second kappa shape index (κ2) is 4.60. The van der Waals surface area contributed by atoms with Crippen LogP contribution in [0, 0.1) is 28.6 Å². The fourth-order valence-corrected chi connectivity index (χ4v) is 7.08. The molecule has 0 amide bonds. The number of ether oxygens (including phenoxy) is 2. The van der Waals surface area contributed by atoms with Gasteiger partial charge in [-0.1, -0.05) is 12.7 Å². The van der Waals surface area contributed by atoms with E-state index in [1.54, 1.807) is 6.92 Å². The number of hydrogen-bond donors (Lipinski definition) is 2. The number of rotatable bonds is 1. The first-order valence-electron chi connectivity index (χ1n) is 9.34. The van der Waals surface area contributed by atoms with Gasteiger partial charge in [0.2, 0.25) is 0 Å². The first-order chi connectivity index (χ1) is 12.3. The maximum Gasteiger partial charge on any atom is 0.315 e. The Morgan fingerprint density at radius 2 is 2.08 bits per heavy atom. The van der Waals surface area contributed by atoms with Gasteiger partial charge in [-0.2, -0.15) is 0 Å². The van der Waals surface area contributed by atoms with E-state index >= 15 is 0 Å². The Morgan fingerprint density at radius 3 is 2.77 bits per heavy atom. The van der Waals surface area contributed by atoms with E-state index in [9.17, 15) is 19.8 Å². The fraction of sp³-hybridized carbons (Fsp3) is 0.700. The molecule has 0 radical (unpaired) electrons. The van der Waals surface area contributed by atoms with E-state index in [0.29, 0.717) is 19.3 Å². The van der Waals surface area contributed by atoms with E-state index in [0.717, 1.165) is 17.6 Å². The van der Waals surface area contributed by atoms with E-state index in [1.807, 2.05) is 6.08 Å². The Hall–Kier alpha value is -1.66. The minimum absolute atomic E-state index is 0.0255. The average Bonchev–Trinajstić information content (AvgIpc) is 2.98. The molecule has 1 spiro atoms. The van der Waals surface area contributed by atoms with Crippen molar-refractivity contribution in [3.8, 4) is 0 Å². The van der Waals surface area contributed by atoms with Crippen molar-refractivity contribution in [3.05, 3.63) is 23.8 Å². The molecule has 6 aliphatic rings. The van der Waals surface area contributed by atoms with Gasteiger partial charge >= 0.3 is 11.9 Å². The summed E-state index contributed by atoms with van der Waals surface area (Å²) >= 11 is 0. The van der Waals surface area contributed by atoms with E-state index in [4.69, 9.17) is 9.47 Å². The molecule has 4 bridgehead atoms. The lowest BCUT2D eigenvalue weighted by Crippen LogP contribution is -2.61. The summed E-state index contributed by atoms with van der Waals surface area (Å²) in [5.41, 5.74) is -1.44. The molecule has 8 atom stereocenters. The Kier molecular flexibility index (Phi) is 2.92. The maximum atomic E-state index is 12.9. The molecule has 0 aromatic heterocycles. The van der Waals surface area contributed by atoms with Gasteiger partial charge in [-0.3, -0.25) is 9.59 Å². The van der Waals surface area contributed by atoms with Crippen LogP contribution in [-0.2, 0) is 19.1 Å².